The van der Waals surface area contributed by atoms with Crippen molar-refractivity contribution in [1.82, 2.24) is 9.80 Å². The summed E-state index contributed by atoms with van der Waals surface area (Å²) in [6, 6.07) is 19.7. The van der Waals surface area contributed by atoms with Gasteiger partial charge in [-0.3, -0.25) is 9.69 Å². The molecule has 1 unspecified atom stereocenters. The average Bonchev–Trinajstić information content (AvgIpc) is 2.63. The minimum absolute atomic E-state index is 0.0123. The first-order valence-corrected chi connectivity index (χ1v) is 8.25. The fourth-order valence-corrected chi connectivity index (χ4v) is 3.14. The largest absolute Gasteiger partial charge is 0.336 e. The summed E-state index contributed by atoms with van der Waals surface area (Å²) in [4.78, 5) is 17.0. The molecule has 0 bridgehead atoms. The molecule has 0 radical (unpaired) electrons. The van der Waals surface area contributed by atoms with E-state index < -0.39 is 0 Å². The molecule has 3 rings (SSSR count). The summed E-state index contributed by atoms with van der Waals surface area (Å²) in [6.07, 6.45) is 0. The van der Waals surface area contributed by atoms with E-state index in [-0.39, 0.29) is 5.91 Å². The van der Waals surface area contributed by atoms with Crippen molar-refractivity contribution < 1.29 is 4.79 Å². The van der Waals surface area contributed by atoms with Crippen molar-refractivity contribution in [3.8, 4) is 6.07 Å². The van der Waals surface area contributed by atoms with Gasteiger partial charge in [0.1, 0.15) is 0 Å². The number of piperazine rings is 1. The first-order valence-electron chi connectivity index (χ1n) is 8.25. The van der Waals surface area contributed by atoms with Gasteiger partial charge in [-0.2, -0.15) is 5.26 Å². The van der Waals surface area contributed by atoms with Crippen molar-refractivity contribution in [2.75, 3.05) is 19.6 Å². The zero-order chi connectivity index (χ0) is 16.9. The molecule has 1 atom stereocenters. The Morgan fingerprint density at radius 1 is 1.17 bits per heavy atom. The lowest BCUT2D eigenvalue weighted by molar-refractivity contribution is 0.0495. The number of nitriles is 1. The smallest absolute Gasteiger partial charge is 0.253 e. The summed E-state index contributed by atoms with van der Waals surface area (Å²) in [6.45, 7) is 5.36. The van der Waals surface area contributed by atoms with Crippen LogP contribution in [0.2, 0.25) is 0 Å². The maximum Gasteiger partial charge on any atom is 0.253 e. The summed E-state index contributed by atoms with van der Waals surface area (Å²) in [5, 5.41) is 8.99. The molecule has 0 spiro atoms. The van der Waals surface area contributed by atoms with E-state index in [1.54, 1.807) is 24.3 Å². The van der Waals surface area contributed by atoms with E-state index in [1.807, 2.05) is 11.0 Å². The Labute approximate surface area is 142 Å². The van der Waals surface area contributed by atoms with Crippen molar-refractivity contribution in [3.63, 3.8) is 0 Å². The third-order valence-corrected chi connectivity index (χ3v) is 4.52. The molecule has 2 aromatic carbocycles. The Balaban J connectivity index is 1.64. The van der Waals surface area contributed by atoms with E-state index in [0.717, 1.165) is 13.1 Å². The molecule has 1 aliphatic heterocycles. The Bertz CT molecular complexity index is 751. The Hall–Kier alpha value is -2.64. The third-order valence-electron chi connectivity index (χ3n) is 4.52. The number of hydrogen-bond donors (Lipinski definition) is 0. The van der Waals surface area contributed by atoms with Crippen molar-refractivity contribution >= 4 is 5.91 Å². The zero-order valence-electron chi connectivity index (χ0n) is 13.9. The van der Waals surface area contributed by atoms with E-state index in [2.05, 4.69) is 42.2 Å². The minimum atomic E-state index is 0.0123. The van der Waals surface area contributed by atoms with Gasteiger partial charge in [-0.25, -0.2) is 0 Å². The van der Waals surface area contributed by atoms with Gasteiger partial charge in [0, 0.05) is 37.8 Å². The number of carbonyl (C=O) groups is 1. The molecule has 1 aliphatic rings. The highest BCUT2D eigenvalue weighted by molar-refractivity contribution is 5.94. The van der Waals surface area contributed by atoms with Crippen molar-refractivity contribution in [1.29, 1.82) is 5.26 Å². The molecular weight excluding hydrogens is 298 g/mol. The van der Waals surface area contributed by atoms with Crippen LogP contribution in [-0.2, 0) is 6.54 Å². The van der Waals surface area contributed by atoms with Gasteiger partial charge >= 0.3 is 0 Å². The first kappa shape index (κ1) is 16.2. The van der Waals surface area contributed by atoms with Gasteiger partial charge in [0.05, 0.1) is 11.6 Å². The lowest BCUT2D eigenvalue weighted by atomic mass is 10.1. The Morgan fingerprint density at radius 3 is 2.67 bits per heavy atom. The van der Waals surface area contributed by atoms with Crippen LogP contribution in [0.4, 0.5) is 0 Å². The Kier molecular flexibility index (Phi) is 4.93. The van der Waals surface area contributed by atoms with Crippen molar-refractivity contribution in [2.24, 2.45) is 0 Å². The van der Waals surface area contributed by atoms with Crippen molar-refractivity contribution in [3.05, 3.63) is 71.3 Å². The Morgan fingerprint density at radius 2 is 1.96 bits per heavy atom. The van der Waals surface area contributed by atoms with Crippen LogP contribution >= 0.6 is 0 Å². The minimum Gasteiger partial charge on any atom is -0.336 e. The molecule has 2 aromatic rings. The van der Waals surface area contributed by atoms with Crippen LogP contribution in [0, 0.1) is 11.3 Å². The summed E-state index contributed by atoms with van der Waals surface area (Å²) in [5.41, 5.74) is 2.42. The lowest BCUT2D eigenvalue weighted by Gasteiger charge is -2.40. The molecule has 1 fully saturated rings. The SMILES string of the molecule is CC1CN(C(=O)c2cccc(C#N)c2)CCN1Cc1ccccc1. The normalized spacial score (nSPS) is 18.2. The highest BCUT2D eigenvalue weighted by Gasteiger charge is 2.27. The second kappa shape index (κ2) is 7.29. The van der Waals surface area contributed by atoms with Crippen LogP contribution in [0.3, 0.4) is 0 Å². The molecule has 1 saturated heterocycles. The zero-order valence-corrected chi connectivity index (χ0v) is 13.9. The van der Waals surface area contributed by atoms with Gasteiger partial charge in [0.25, 0.3) is 5.91 Å². The fourth-order valence-electron chi connectivity index (χ4n) is 3.14. The molecule has 4 heteroatoms. The lowest BCUT2D eigenvalue weighted by Crippen LogP contribution is -2.53. The van der Waals surface area contributed by atoms with Gasteiger partial charge in [-0.15, -0.1) is 0 Å². The fraction of sp³-hybridized carbons (Fsp3) is 0.300. The average molecular weight is 319 g/mol. The molecule has 0 aliphatic carbocycles. The van der Waals surface area contributed by atoms with Crippen LogP contribution in [0.15, 0.2) is 54.6 Å². The van der Waals surface area contributed by atoms with Crippen LogP contribution in [0.25, 0.3) is 0 Å². The van der Waals surface area contributed by atoms with Gasteiger partial charge in [0.2, 0.25) is 0 Å². The highest BCUT2D eigenvalue weighted by Crippen LogP contribution is 2.16. The van der Waals surface area contributed by atoms with E-state index in [0.29, 0.717) is 30.3 Å². The van der Waals surface area contributed by atoms with Crippen LogP contribution in [0.5, 0.6) is 0 Å². The van der Waals surface area contributed by atoms with Crippen LogP contribution in [0.1, 0.15) is 28.4 Å². The second-order valence-corrected chi connectivity index (χ2v) is 6.25. The predicted molar refractivity (Wildman–Crippen MR) is 93.4 cm³/mol. The topological polar surface area (TPSA) is 47.3 Å². The van der Waals surface area contributed by atoms with E-state index >= 15 is 0 Å². The van der Waals surface area contributed by atoms with Crippen LogP contribution < -0.4 is 0 Å². The number of benzene rings is 2. The number of hydrogen-bond acceptors (Lipinski definition) is 3. The molecule has 1 amide bonds. The summed E-state index contributed by atoms with van der Waals surface area (Å²) in [7, 11) is 0. The number of amides is 1. The number of carbonyl (C=O) groups excluding carboxylic acids is 1. The molecular formula is C20H21N3O. The molecule has 4 nitrogen and oxygen atoms in total. The molecule has 0 aromatic heterocycles. The molecule has 0 saturated carbocycles. The van der Waals surface area contributed by atoms with Gasteiger partial charge in [0.15, 0.2) is 0 Å². The predicted octanol–water partition coefficient (Wildman–Crippen LogP) is 2.90. The summed E-state index contributed by atoms with van der Waals surface area (Å²) < 4.78 is 0. The highest BCUT2D eigenvalue weighted by atomic mass is 16.2. The summed E-state index contributed by atoms with van der Waals surface area (Å²) in [5.74, 6) is 0.0123. The maximum absolute atomic E-state index is 12.7. The molecule has 1 heterocycles. The van der Waals surface area contributed by atoms with E-state index in [4.69, 9.17) is 5.26 Å². The number of rotatable bonds is 3. The molecule has 0 N–H and O–H groups in total. The standard InChI is InChI=1S/C20H21N3O/c1-16-14-23(20(24)19-9-5-8-18(12-19)13-21)11-10-22(16)15-17-6-3-2-4-7-17/h2-9,12,16H,10-11,14-15H2,1H3. The van der Waals surface area contributed by atoms with Gasteiger partial charge in [-0.1, -0.05) is 36.4 Å². The third kappa shape index (κ3) is 3.64. The monoisotopic (exact) mass is 319 g/mol. The van der Waals surface area contributed by atoms with Crippen molar-refractivity contribution in [2.45, 2.75) is 19.5 Å². The quantitative estimate of drug-likeness (QED) is 0.874. The second-order valence-electron chi connectivity index (χ2n) is 6.25. The maximum atomic E-state index is 12.7. The molecule has 24 heavy (non-hydrogen) atoms. The van der Waals surface area contributed by atoms with Gasteiger partial charge < -0.3 is 4.90 Å². The van der Waals surface area contributed by atoms with Gasteiger partial charge in [-0.05, 0) is 30.7 Å². The molecule has 122 valence electrons. The van der Waals surface area contributed by atoms with E-state index in [1.165, 1.54) is 5.56 Å². The first-order chi connectivity index (χ1) is 11.7. The summed E-state index contributed by atoms with van der Waals surface area (Å²) >= 11 is 0. The number of nitrogens with zero attached hydrogens (tertiary/aromatic N) is 3. The van der Waals surface area contributed by atoms with E-state index in [9.17, 15) is 4.79 Å². The van der Waals surface area contributed by atoms with Crippen LogP contribution in [-0.4, -0.2) is 41.4 Å².